The molecule has 0 aliphatic rings. The van der Waals surface area contributed by atoms with Crippen molar-refractivity contribution in [1.29, 1.82) is 0 Å². The summed E-state index contributed by atoms with van der Waals surface area (Å²) >= 11 is 0. The molecule has 0 aromatic rings. The zero-order chi connectivity index (χ0) is 12.6. The van der Waals surface area contributed by atoms with E-state index in [4.69, 9.17) is 14.6 Å². The lowest BCUT2D eigenvalue weighted by Crippen LogP contribution is -2.22. The van der Waals surface area contributed by atoms with E-state index in [1.54, 1.807) is 13.0 Å². The summed E-state index contributed by atoms with van der Waals surface area (Å²) in [7, 11) is 2.95. The third-order valence-corrected chi connectivity index (χ3v) is 2.36. The number of carboxylic acids is 1. The number of rotatable bonds is 8. The van der Waals surface area contributed by atoms with Gasteiger partial charge in [-0.1, -0.05) is 6.08 Å². The number of allylic oxidation sites excluding steroid dienone is 2. The van der Waals surface area contributed by atoms with Crippen molar-refractivity contribution in [2.24, 2.45) is 5.92 Å². The van der Waals surface area contributed by atoms with Crippen LogP contribution in [-0.2, 0) is 19.1 Å². The molecule has 1 atom stereocenters. The van der Waals surface area contributed by atoms with E-state index in [0.29, 0.717) is 18.3 Å². The molecule has 0 aromatic heterocycles. The third kappa shape index (κ3) is 5.04. The Morgan fingerprint density at radius 1 is 1.38 bits per heavy atom. The second-order valence-corrected chi connectivity index (χ2v) is 3.34. The molecule has 0 amide bonds. The van der Waals surface area contributed by atoms with Gasteiger partial charge < -0.3 is 14.6 Å². The molecule has 0 heterocycles. The number of carbonyl (C=O) groups excluding carboxylic acids is 1. The van der Waals surface area contributed by atoms with E-state index in [-0.39, 0.29) is 12.3 Å². The van der Waals surface area contributed by atoms with Gasteiger partial charge in [0.2, 0.25) is 0 Å². The van der Waals surface area contributed by atoms with Gasteiger partial charge in [-0.25, -0.2) is 0 Å². The molecule has 5 nitrogen and oxygen atoms in total. The van der Waals surface area contributed by atoms with Gasteiger partial charge in [0.1, 0.15) is 6.29 Å². The monoisotopic (exact) mass is 230 g/mol. The standard InChI is InChI=1S/C11H18O5/c1-4-8(7-12)9(5-10(13)14)6-11(15-2)16-3/h4,7,9,11H,5-6H2,1-3H3,(H,13,14)/b8-4+. The maximum absolute atomic E-state index is 10.8. The fourth-order valence-electron chi connectivity index (χ4n) is 1.47. The lowest BCUT2D eigenvalue weighted by Gasteiger charge is -2.20. The van der Waals surface area contributed by atoms with Gasteiger partial charge in [0, 0.05) is 26.6 Å². The third-order valence-electron chi connectivity index (χ3n) is 2.36. The van der Waals surface area contributed by atoms with Gasteiger partial charge in [0.15, 0.2) is 6.29 Å². The minimum atomic E-state index is -0.947. The number of aliphatic carboxylic acids is 1. The molecule has 0 saturated carbocycles. The van der Waals surface area contributed by atoms with Crippen LogP contribution in [-0.4, -0.2) is 37.9 Å². The van der Waals surface area contributed by atoms with E-state index >= 15 is 0 Å². The highest BCUT2D eigenvalue weighted by molar-refractivity contribution is 5.76. The van der Waals surface area contributed by atoms with Crippen LogP contribution in [0.4, 0.5) is 0 Å². The van der Waals surface area contributed by atoms with E-state index in [9.17, 15) is 9.59 Å². The fourth-order valence-corrected chi connectivity index (χ4v) is 1.47. The molecule has 1 unspecified atom stereocenters. The summed E-state index contributed by atoms with van der Waals surface area (Å²) in [4.78, 5) is 21.5. The summed E-state index contributed by atoms with van der Waals surface area (Å²) in [6.07, 6.45) is 2.03. The zero-order valence-electron chi connectivity index (χ0n) is 9.80. The molecule has 0 bridgehead atoms. The van der Waals surface area contributed by atoms with E-state index in [0.717, 1.165) is 0 Å². The van der Waals surface area contributed by atoms with Crippen molar-refractivity contribution in [2.45, 2.75) is 26.1 Å². The Kier molecular flexibility index (Phi) is 7.41. The molecular formula is C11H18O5. The van der Waals surface area contributed by atoms with Crippen molar-refractivity contribution in [3.8, 4) is 0 Å². The van der Waals surface area contributed by atoms with Gasteiger partial charge in [-0.3, -0.25) is 9.59 Å². The van der Waals surface area contributed by atoms with Crippen molar-refractivity contribution >= 4 is 12.3 Å². The summed E-state index contributed by atoms with van der Waals surface area (Å²) in [6, 6.07) is 0. The van der Waals surface area contributed by atoms with Crippen LogP contribution >= 0.6 is 0 Å². The number of carboxylic acid groups (broad SMARTS) is 1. The normalized spacial score (nSPS) is 13.9. The molecule has 0 aliphatic carbocycles. The second kappa shape index (κ2) is 8.01. The minimum absolute atomic E-state index is 0.109. The van der Waals surface area contributed by atoms with Gasteiger partial charge in [0.25, 0.3) is 0 Å². The minimum Gasteiger partial charge on any atom is -0.481 e. The van der Waals surface area contributed by atoms with Crippen molar-refractivity contribution in [2.75, 3.05) is 14.2 Å². The van der Waals surface area contributed by atoms with Crippen molar-refractivity contribution in [3.05, 3.63) is 11.6 Å². The molecule has 0 spiro atoms. The van der Waals surface area contributed by atoms with E-state index in [1.807, 2.05) is 0 Å². The van der Waals surface area contributed by atoms with Crippen LogP contribution in [0, 0.1) is 5.92 Å². The number of ether oxygens (including phenoxy) is 2. The molecule has 5 heteroatoms. The molecule has 0 fully saturated rings. The van der Waals surface area contributed by atoms with Crippen LogP contribution in [0.3, 0.4) is 0 Å². The van der Waals surface area contributed by atoms with E-state index in [1.165, 1.54) is 14.2 Å². The van der Waals surface area contributed by atoms with E-state index in [2.05, 4.69) is 0 Å². The van der Waals surface area contributed by atoms with Crippen molar-refractivity contribution < 1.29 is 24.2 Å². The highest BCUT2D eigenvalue weighted by atomic mass is 16.7. The molecule has 92 valence electrons. The summed E-state index contributed by atoms with van der Waals surface area (Å²) in [5.74, 6) is -1.33. The predicted octanol–water partition coefficient (Wildman–Crippen LogP) is 1.23. The van der Waals surface area contributed by atoms with Crippen LogP contribution in [0.2, 0.25) is 0 Å². The Bertz CT molecular complexity index is 255. The highest BCUT2D eigenvalue weighted by Crippen LogP contribution is 2.21. The average Bonchev–Trinajstić information content (AvgIpc) is 2.26. The Labute approximate surface area is 95.0 Å². The van der Waals surface area contributed by atoms with Crippen LogP contribution in [0.1, 0.15) is 19.8 Å². The summed E-state index contributed by atoms with van der Waals surface area (Å²) in [5, 5.41) is 8.76. The van der Waals surface area contributed by atoms with Crippen LogP contribution in [0.25, 0.3) is 0 Å². The van der Waals surface area contributed by atoms with Gasteiger partial charge >= 0.3 is 5.97 Å². The molecule has 16 heavy (non-hydrogen) atoms. The predicted molar refractivity (Wildman–Crippen MR) is 58.0 cm³/mol. The van der Waals surface area contributed by atoms with Gasteiger partial charge in [-0.15, -0.1) is 0 Å². The van der Waals surface area contributed by atoms with Gasteiger partial charge in [-0.05, 0) is 12.5 Å². The zero-order valence-corrected chi connectivity index (χ0v) is 9.80. The first-order valence-corrected chi connectivity index (χ1v) is 4.97. The number of hydrogen-bond donors (Lipinski definition) is 1. The van der Waals surface area contributed by atoms with Crippen LogP contribution in [0.15, 0.2) is 11.6 Å². The number of aldehydes is 1. The Balaban J connectivity index is 4.65. The summed E-state index contributed by atoms with van der Waals surface area (Å²) in [5.41, 5.74) is 0.460. The first-order chi connectivity index (χ1) is 7.58. The van der Waals surface area contributed by atoms with Crippen LogP contribution < -0.4 is 0 Å². The Morgan fingerprint density at radius 2 is 1.94 bits per heavy atom. The largest absolute Gasteiger partial charge is 0.481 e. The molecular weight excluding hydrogens is 212 g/mol. The van der Waals surface area contributed by atoms with Crippen molar-refractivity contribution in [1.82, 2.24) is 0 Å². The number of methoxy groups -OCH3 is 2. The number of hydrogen-bond acceptors (Lipinski definition) is 4. The average molecular weight is 230 g/mol. The molecule has 0 aliphatic heterocycles. The maximum atomic E-state index is 10.8. The Hall–Kier alpha value is -1.20. The lowest BCUT2D eigenvalue weighted by molar-refractivity contribution is -0.140. The van der Waals surface area contributed by atoms with Crippen molar-refractivity contribution in [3.63, 3.8) is 0 Å². The molecule has 0 saturated heterocycles. The molecule has 0 radical (unpaired) electrons. The van der Waals surface area contributed by atoms with E-state index < -0.39 is 12.3 Å². The van der Waals surface area contributed by atoms with Crippen LogP contribution in [0.5, 0.6) is 0 Å². The lowest BCUT2D eigenvalue weighted by atomic mass is 9.92. The first-order valence-electron chi connectivity index (χ1n) is 4.97. The molecule has 0 rings (SSSR count). The Morgan fingerprint density at radius 3 is 2.25 bits per heavy atom. The fraction of sp³-hybridized carbons (Fsp3) is 0.636. The van der Waals surface area contributed by atoms with Gasteiger partial charge in [-0.2, -0.15) is 0 Å². The SMILES string of the molecule is C/C=C(\C=O)C(CC(=O)O)CC(OC)OC. The summed E-state index contributed by atoms with van der Waals surface area (Å²) < 4.78 is 9.98. The summed E-state index contributed by atoms with van der Waals surface area (Å²) in [6.45, 7) is 1.70. The first kappa shape index (κ1) is 14.8. The van der Waals surface area contributed by atoms with Gasteiger partial charge in [0.05, 0.1) is 6.42 Å². The smallest absolute Gasteiger partial charge is 0.303 e. The number of carbonyl (C=O) groups is 2. The molecule has 0 aromatic carbocycles. The topological polar surface area (TPSA) is 72.8 Å². The second-order valence-electron chi connectivity index (χ2n) is 3.34. The maximum Gasteiger partial charge on any atom is 0.303 e. The molecule has 1 N–H and O–H groups in total. The highest BCUT2D eigenvalue weighted by Gasteiger charge is 2.21. The quantitative estimate of drug-likeness (QED) is 0.386.